The standard InChI is InChI=1S/C17H22FN3O4S/c1-26(24,25)21-11-10-20(17(21)23)16(22)19-9-3-2-4-14(12-19)13-5-7-15(18)8-6-13/h5-8,14H,2-4,9-12H2,1H3. The predicted molar refractivity (Wildman–Crippen MR) is 93.6 cm³/mol. The highest BCUT2D eigenvalue weighted by Gasteiger charge is 2.40. The Morgan fingerprint density at radius 2 is 1.81 bits per heavy atom. The van der Waals surface area contributed by atoms with E-state index < -0.39 is 22.1 Å². The van der Waals surface area contributed by atoms with E-state index in [9.17, 15) is 22.4 Å². The van der Waals surface area contributed by atoms with Crippen molar-refractivity contribution in [1.82, 2.24) is 14.1 Å². The van der Waals surface area contributed by atoms with Crippen LogP contribution in [0.5, 0.6) is 0 Å². The highest BCUT2D eigenvalue weighted by molar-refractivity contribution is 7.88. The van der Waals surface area contributed by atoms with Gasteiger partial charge in [0.2, 0.25) is 10.0 Å². The molecule has 3 rings (SSSR count). The number of carbonyl (C=O) groups is 2. The first-order chi connectivity index (χ1) is 12.3. The van der Waals surface area contributed by atoms with Crippen LogP contribution in [-0.4, -0.2) is 67.0 Å². The Morgan fingerprint density at radius 1 is 1.12 bits per heavy atom. The normalized spacial score (nSPS) is 21.8. The summed E-state index contributed by atoms with van der Waals surface area (Å²) in [6.07, 6.45) is 3.56. The van der Waals surface area contributed by atoms with Gasteiger partial charge in [-0.25, -0.2) is 31.6 Å². The minimum Gasteiger partial charge on any atom is -0.324 e. The first-order valence-corrected chi connectivity index (χ1v) is 10.5. The van der Waals surface area contributed by atoms with E-state index in [4.69, 9.17) is 0 Å². The number of urea groups is 2. The molecular formula is C17H22FN3O4S. The molecule has 1 aromatic rings. The molecule has 0 aliphatic carbocycles. The van der Waals surface area contributed by atoms with Crippen LogP contribution in [0.15, 0.2) is 24.3 Å². The maximum atomic E-state index is 13.2. The molecule has 7 nitrogen and oxygen atoms in total. The fourth-order valence-corrected chi connectivity index (χ4v) is 4.29. The lowest BCUT2D eigenvalue weighted by atomic mass is 9.94. The van der Waals surface area contributed by atoms with Crippen LogP contribution in [0.4, 0.5) is 14.0 Å². The van der Waals surface area contributed by atoms with Gasteiger partial charge in [0.1, 0.15) is 5.82 Å². The first kappa shape index (κ1) is 18.6. The van der Waals surface area contributed by atoms with Crippen molar-refractivity contribution in [3.8, 4) is 0 Å². The average Bonchev–Trinajstić information content (AvgIpc) is 2.82. The summed E-state index contributed by atoms with van der Waals surface area (Å²) in [5.41, 5.74) is 0.955. The van der Waals surface area contributed by atoms with E-state index in [0.29, 0.717) is 13.1 Å². The third-order valence-corrected chi connectivity index (χ3v) is 6.02. The molecule has 142 valence electrons. The molecule has 4 amide bonds. The molecule has 1 atom stereocenters. The third kappa shape index (κ3) is 3.82. The smallest absolute Gasteiger partial charge is 0.324 e. The van der Waals surface area contributed by atoms with Crippen LogP contribution in [-0.2, 0) is 10.0 Å². The number of amides is 4. The molecule has 26 heavy (non-hydrogen) atoms. The van der Waals surface area contributed by atoms with E-state index in [2.05, 4.69) is 0 Å². The summed E-state index contributed by atoms with van der Waals surface area (Å²) < 4.78 is 37.1. The predicted octanol–water partition coefficient (Wildman–Crippen LogP) is 2.21. The number of rotatable bonds is 2. The summed E-state index contributed by atoms with van der Waals surface area (Å²) in [7, 11) is -3.68. The summed E-state index contributed by atoms with van der Waals surface area (Å²) >= 11 is 0. The van der Waals surface area contributed by atoms with Gasteiger partial charge in [0, 0.05) is 19.0 Å². The van der Waals surface area contributed by atoms with Crippen molar-refractivity contribution in [3.63, 3.8) is 0 Å². The fraction of sp³-hybridized carbons (Fsp3) is 0.529. The molecular weight excluding hydrogens is 361 g/mol. The van der Waals surface area contributed by atoms with Crippen molar-refractivity contribution in [3.05, 3.63) is 35.6 Å². The van der Waals surface area contributed by atoms with Crippen LogP contribution < -0.4 is 0 Å². The van der Waals surface area contributed by atoms with Gasteiger partial charge in [-0.05, 0) is 30.5 Å². The molecule has 2 heterocycles. The highest BCUT2D eigenvalue weighted by Crippen LogP contribution is 2.28. The monoisotopic (exact) mass is 383 g/mol. The molecule has 0 saturated carbocycles. The highest BCUT2D eigenvalue weighted by atomic mass is 32.2. The van der Waals surface area contributed by atoms with E-state index >= 15 is 0 Å². The number of benzene rings is 1. The molecule has 0 bridgehead atoms. The summed E-state index contributed by atoms with van der Waals surface area (Å²) in [4.78, 5) is 27.7. The second-order valence-electron chi connectivity index (χ2n) is 6.74. The number of imide groups is 1. The zero-order valence-corrected chi connectivity index (χ0v) is 15.4. The SMILES string of the molecule is CS(=O)(=O)N1CCN(C(=O)N2CCCCC(c3ccc(F)cc3)C2)C1=O. The van der Waals surface area contributed by atoms with Gasteiger partial charge in [0.05, 0.1) is 19.3 Å². The Labute approximate surface area is 152 Å². The van der Waals surface area contributed by atoms with Crippen molar-refractivity contribution in [2.24, 2.45) is 0 Å². The molecule has 1 unspecified atom stereocenters. The number of carbonyl (C=O) groups excluding carboxylic acids is 2. The van der Waals surface area contributed by atoms with Crippen LogP contribution >= 0.6 is 0 Å². The molecule has 2 fully saturated rings. The Kier molecular flexibility index (Phi) is 5.17. The summed E-state index contributed by atoms with van der Waals surface area (Å²) in [6, 6.07) is 5.00. The van der Waals surface area contributed by atoms with E-state index in [0.717, 1.165) is 40.3 Å². The second-order valence-corrected chi connectivity index (χ2v) is 8.65. The summed E-state index contributed by atoms with van der Waals surface area (Å²) in [6.45, 7) is 0.980. The van der Waals surface area contributed by atoms with Crippen molar-refractivity contribution >= 4 is 22.1 Å². The number of likely N-dealkylation sites (tertiary alicyclic amines) is 1. The largest absolute Gasteiger partial charge is 0.341 e. The zero-order chi connectivity index (χ0) is 18.9. The fourth-order valence-electron chi connectivity index (χ4n) is 3.50. The lowest BCUT2D eigenvalue weighted by Crippen LogP contribution is -2.47. The van der Waals surface area contributed by atoms with E-state index in [1.807, 2.05) is 0 Å². The van der Waals surface area contributed by atoms with Gasteiger partial charge < -0.3 is 4.90 Å². The minimum absolute atomic E-state index is 0.0152. The van der Waals surface area contributed by atoms with Gasteiger partial charge in [-0.3, -0.25) is 0 Å². The lowest BCUT2D eigenvalue weighted by molar-refractivity contribution is 0.161. The average molecular weight is 383 g/mol. The number of hydrogen-bond donors (Lipinski definition) is 0. The Bertz CT molecular complexity index is 797. The molecule has 2 aliphatic heterocycles. The Morgan fingerprint density at radius 3 is 2.42 bits per heavy atom. The maximum absolute atomic E-state index is 13.2. The van der Waals surface area contributed by atoms with E-state index in [-0.39, 0.29) is 24.8 Å². The number of halogens is 1. The minimum atomic E-state index is -3.68. The maximum Gasteiger partial charge on any atom is 0.341 e. The molecule has 2 aliphatic rings. The van der Waals surface area contributed by atoms with Gasteiger partial charge in [0.25, 0.3) is 0 Å². The quantitative estimate of drug-likeness (QED) is 0.784. The molecule has 0 spiro atoms. The first-order valence-electron chi connectivity index (χ1n) is 8.61. The van der Waals surface area contributed by atoms with Crippen LogP contribution in [0, 0.1) is 5.82 Å². The molecule has 9 heteroatoms. The van der Waals surface area contributed by atoms with Crippen LogP contribution in [0.2, 0.25) is 0 Å². The van der Waals surface area contributed by atoms with Gasteiger partial charge in [-0.1, -0.05) is 18.6 Å². The third-order valence-electron chi connectivity index (χ3n) is 4.89. The molecule has 2 saturated heterocycles. The van der Waals surface area contributed by atoms with Crippen molar-refractivity contribution in [2.45, 2.75) is 25.2 Å². The Balaban J connectivity index is 1.74. The number of nitrogens with zero attached hydrogens (tertiary/aromatic N) is 3. The number of hydrogen-bond acceptors (Lipinski definition) is 4. The summed E-state index contributed by atoms with van der Waals surface area (Å²) in [5, 5.41) is 0. The van der Waals surface area contributed by atoms with E-state index in [1.54, 1.807) is 17.0 Å². The lowest BCUT2D eigenvalue weighted by Gasteiger charge is -2.28. The van der Waals surface area contributed by atoms with Gasteiger partial charge in [-0.15, -0.1) is 0 Å². The van der Waals surface area contributed by atoms with Crippen molar-refractivity contribution in [1.29, 1.82) is 0 Å². The van der Waals surface area contributed by atoms with Crippen LogP contribution in [0.25, 0.3) is 0 Å². The topological polar surface area (TPSA) is 78.0 Å². The summed E-state index contributed by atoms with van der Waals surface area (Å²) in [5.74, 6) is -0.246. The van der Waals surface area contributed by atoms with Crippen LogP contribution in [0.3, 0.4) is 0 Å². The van der Waals surface area contributed by atoms with Crippen molar-refractivity contribution < 1.29 is 22.4 Å². The van der Waals surface area contributed by atoms with Crippen molar-refractivity contribution in [2.75, 3.05) is 32.4 Å². The van der Waals surface area contributed by atoms with E-state index in [1.165, 1.54) is 12.1 Å². The number of sulfonamides is 1. The van der Waals surface area contributed by atoms with Gasteiger partial charge >= 0.3 is 12.1 Å². The Hall–Kier alpha value is -2.16. The van der Waals surface area contributed by atoms with Crippen LogP contribution in [0.1, 0.15) is 30.7 Å². The molecule has 0 radical (unpaired) electrons. The molecule has 0 N–H and O–H groups in total. The van der Waals surface area contributed by atoms with Gasteiger partial charge in [-0.2, -0.15) is 0 Å². The second kappa shape index (κ2) is 7.22. The van der Waals surface area contributed by atoms with Gasteiger partial charge in [0.15, 0.2) is 0 Å². The zero-order valence-electron chi connectivity index (χ0n) is 14.6. The molecule has 0 aromatic heterocycles. The molecule has 1 aromatic carbocycles.